The van der Waals surface area contributed by atoms with E-state index in [1.54, 1.807) is 6.07 Å². The van der Waals surface area contributed by atoms with Gasteiger partial charge in [-0.3, -0.25) is 14.9 Å². The van der Waals surface area contributed by atoms with Crippen molar-refractivity contribution < 1.29 is 19.9 Å². The fraction of sp³-hybridized carbons (Fsp3) is 0.417. The van der Waals surface area contributed by atoms with Crippen molar-refractivity contribution in [2.24, 2.45) is 0 Å². The molecule has 0 radical (unpaired) electrons. The predicted molar refractivity (Wildman–Crippen MR) is 67.5 cm³/mol. The average Bonchev–Trinajstić information content (AvgIpc) is 2.37. The minimum absolute atomic E-state index is 0.0246. The summed E-state index contributed by atoms with van der Waals surface area (Å²) in [5, 5.41) is 31.4. The molecular formula is C12H16N2O5. The Morgan fingerprint density at radius 2 is 2.21 bits per heavy atom. The molecular weight excluding hydrogens is 252 g/mol. The number of aliphatic hydroxyl groups is 2. The van der Waals surface area contributed by atoms with Crippen LogP contribution in [0.25, 0.3) is 0 Å². The molecule has 0 spiro atoms. The number of non-ortho nitro benzene ring substituents is 1. The number of hydrogen-bond acceptors (Lipinski definition) is 5. The molecule has 104 valence electrons. The number of aliphatic hydroxyl groups excluding tert-OH is 1. The Hall–Kier alpha value is -1.99. The molecule has 0 saturated carbocycles. The molecule has 1 aromatic rings. The smallest absolute Gasteiger partial charge is 0.269 e. The molecule has 0 saturated heterocycles. The fourth-order valence-corrected chi connectivity index (χ4v) is 1.37. The zero-order valence-electron chi connectivity index (χ0n) is 10.5. The molecule has 0 aliphatic rings. The lowest BCUT2D eigenvalue weighted by Gasteiger charge is -2.20. The van der Waals surface area contributed by atoms with Crippen molar-refractivity contribution in [1.29, 1.82) is 0 Å². The number of nitro groups is 1. The van der Waals surface area contributed by atoms with E-state index >= 15 is 0 Å². The molecule has 3 N–H and O–H groups in total. The van der Waals surface area contributed by atoms with Gasteiger partial charge in [0.1, 0.15) is 5.60 Å². The van der Waals surface area contributed by atoms with Gasteiger partial charge in [0.05, 0.1) is 18.0 Å². The minimum Gasteiger partial charge on any atom is -0.393 e. The van der Waals surface area contributed by atoms with Gasteiger partial charge in [0.25, 0.3) is 5.69 Å². The van der Waals surface area contributed by atoms with E-state index in [0.717, 1.165) is 0 Å². The average molecular weight is 268 g/mol. The number of carbonyl (C=O) groups is 1. The second-order valence-corrected chi connectivity index (χ2v) is 4.54. The molecule has 1 amide bonds. The molecule has 7 nitrogen and oxygen atoms in total. The highest BCUT2D eigenvalue weighted by Crippen LogP contribution is 2.13. The van der Waals surface area contributed by atoms with Gasteiger partial charge in [-0.2, -0.15) is 0 Å². The van der Waals surface area contributed by atoms with Gasteiger partial charge >= 0.3 is 0 Å². The van der Waals surface area contributed by atoms with E-state index in [1.165, 1.54) is 25.1 Å². The lowest BCUT2D eigenvalue weighted by atomic mass is 10.1. The van der Waals surface area contributed by atoms with Crippen LogP contribution >= 0.6 is 0 Å². The summed E-state index contributed by atoms with van der Waals surface area (Å²) in [6, 6.07) is 5.78. The van der Waals surface area contributed by atoms with Crippen molar-refractivity contribution >= 4 is 11.6 Å². The predicted octanol–water partition coefficient (Wildman–Crippen LogP) is -0.00320. The minimum atomic E-state index is -1.38. The van der Waals surface area contributed by atoms with E-state index in [9.17, 15) is 20.0 Å². The third kappa shape index (κ3) is 5.02. The zero-order chi connectivity index (χ0) is 14.5. The lowest BCUT2D eigenvalue weighted by molar-refractivity contribution is -0.384. The van der Waals surface area contributed by atoms with Crippen molar-refractivity contribution in [1.82, 2.24) is 5.32 Å². The van der Waals surface area contributed by atoms with E-state index in [-0.39, 0.29) is 24.6 Å². The normalized spacial score (nSPS) is 13.6. The monoisotopic (exact) mass is 268 g/mol. The number of benzene rings is 1. The second kappa shape index (κ2) is 6.26. The number of hydrogen-bond donors (Lipinski definition) is 3. The topological polar surface area (TPSA) is 113 Å². The van der Waals surface area contributed by atoms with Gasteiger partial charge in [0, 0.05) is 18.7 Å². The SMILES string of the molecule is CC(O)(CO)CNC(=O)Cc1cccc([N+](=O)[O-])c1. The van der Waals surface area contributed by atoms with Crippen molar-refractivity contribution in [3.8, 4) is 0 Å². The van der Waals surface area contributed by atoms with Gasteiger partial charge in [-0.1, -0.05) is 12.1 Å². The highest BCUT2D eigenvalue weighted by atomic mass is 16.6. The Morgan fingerprint density at radius 3 is 2.79 bits per heavy atom. The molecule has 1 atom stereocenters. The molecule has 0 aromatic heterocycles. The highest BCUT2D eigenvalue weighted by molar-refractivity contribution is 5.78. The molecule has 0 heterocycles. The maximum absolute atomic E-state index is 11.6. The van der Waals surface area contributed by atoms with Crippen LogP contribution in [-0.2, 0) is 11.2 Å². The largest absolute Gasteiger partial charge is 0.393 e. The van der Waals surface area contributed by atoms with Gasteiger partial charge in [0.15, 0.2) is 0 Å². The first-order valence-corrected chi connectivity index (χ1v) is 5.67. The van der Waals surface area contributed by atoms with E-state index in [1.807, 2.05) is 0 Å². The van der Waals surface area contributed by atoms with E-state index in [2.05, 4.69) is 5.32 Å². The summed E-state index contributed by atoms with van der Waals surface area (Å²) in [6.07, 6.45) is -0.0246. The molecule has 19 heavy (non-hydrogen) atoms. The summed E-state index contributed by atoms with van der Waals surface area (Å²) in [7, 11) is 0. The number of nitrogens with one attached hydrogen (secondary N) is 1. The summed E-state index contributed by atoms with van der Waals surface area (Å²) in [5.41, 5.74) is -0.943. The Balaban J connectivity index is 2.58. The molecule has 7 heteroatoms. The highest BCUT2D eigenvalue weighted by Gasteiger charge is 2.19. The van der Waals surface area contributed by atoms with Gasteiger partial charge in [-0.15, -0.1) is 0 Å². The molecule has 1 unspecified atom stereocenters. The van der Waals surface area contributed by atoms with Crippen LogP contribution in [0.5, 0.6) is 0 Å². The molecule has 0 fully saturated rings. The van der Waals surface area contributed by atoms with Gasteiger partial charge in [-0.05, 0) is 12.5 Å². The zero-order valence-corrected chi connectivity index (χ0v) is 10.5. The van der Waals surface area contributed by atoms with Gasteiger partial charge in [0.2, 0.25) is 5.91 Å². The van der Waals surface area contributed by atoms with E-state index in [4.69, 9.17) is 5.11 Å². The Morgan fingerprint density at radius 1 is 1.53 bits per heavy atom. The third-order valence-corrected chi connectivity index (χ3v) is 2.49. The maximum atomic E-state index is 11.6. The van der Waals surface area contributed by atoms with Crippen LogP contribution in [0.4, 0.5) is 5.69 Å². The van der Waals surface area contributed by atoms with Crippen LogP contribution < -0.4 is 5.32 Å². The van der Waals surface area contributed by atoms with Crippen LogP contribution in [0.3, 0.4) is 0 Å². The Kier molecular flexibility index (Phi) is 4.96. The van der Waals surface area contributed by atoms with E-state index in [0.29, 0.717) is 5.56 Å². The van der Waals surface area contributed by atoms with Crippen LogP contribution in [0, 0.1) is 10.1 Å². The summed E-state index contributed by atoms with van der Waals surface area (Å²) < 4.78 is 0. The first kappa shape index (κ1) is 15.1. The van der Waals surface area contributed by atoms with Gasteiger partial charge < -0.3 is 15.5 Å². The first-order chi connectivity index (χ1) is 8.84. The lowest BCUT2D eigenvalue weighted by Crippen LogP contribution is -2.43. The van der Waals surface area contributed by atoms with Crippen molar-refractivity contribution in [3.05, 3.63) is 39.9 Å². The molecule has 1 rings (SSSR count). The van der Waals surface area contributed by atoms with Crippen molar-refractivity contribution in [2.75, 3.05) is 13.2 Å². The van der Waals surface area contributed by atoms with Crippen LogP contribution in [0.2, 0.25) is 0 Å². The van der Waals surface area contributed by atoms with Crippen LogP contribution in [-0.4, -0.2) is 39.8 Å². The summed E-state index contributed by atoms with van der Waals surface area (Å²) in [4.78, 5) is 21.6. The van der Waals surface area contributed by atoms with Gasteiger partial charge in [-0.25, -0.2) is 0 Å². The third-order valence-electron chi connectivity index (χ3n) is 2.49. The summed E-state index contributed by atoms with van der Waals surface area (Å²) in [6.45, 7) is 0.835. The van der Waals surface area contributed by atoms with Crippen molar-refractivity contribution in [3.63, 3.8) is 0 Å². The quantitative estimate of drug-likeness (QED) is 0.496. The molecule has 0 aliphatic carbocycles. The van der Waals surface area contributed by atoms with E-state index < -0.39 is 17.1 Å². The second-order valence-electron chi connectivity index (χ2n) is 4.54. The standard InChI is InChI=1S/C12H16N2O5/c1-12(17,8-15)7-13-11(16)6-9-3-2-4-10(5-9)14(18)19/h2-5,15,17H,6-8H2,1H3,(H,13,16). The summed E-state index contributed by atoms with van der Waals surface area (Å²) >= 11 is 0. The Labute approximate surface area is 110 Å². The maximum Gasteiger partial charge on any atom is 0.269 e. The number of amides is 1. The number of carbonyl (C=O) groups excluding carboxylic acids is 1. The number of nitro benzene ring substituents is 1. The summed E-state index contributed by atoms with van der Waals surface area (Å²) in [5.74, 6) is -0.380. The Bertz CT molecular complexity index is 473. The molecule has 1 aromatic carbocycles. The first-order valence-electron chi connectivity index (χ1n) is 5.67. The van der Waals surface area contributed by atoms with Crippen molar-refractivity contribution in [2.45, 2.75) is 18.9 Å². The van der Waals surface area contributed by atoms with Crippen LogP contribution in [0.15, 0.2) is 24.3 Å². The number of rotatable bonds is 6. The molecule has 0 aliphatic heterocycles. The fourth-order valence-electron chi connectivity index (χ4n) is 1.37. The number of nitrogens with zero attached hydrogens (tertiary/aromatic N) is 1. The van der Waals surface area contributed by atoms with Crippen LogP contribution in [0.1, 0.15) is 12.5 Å². The molecule has 0 bridgehead atoms.